The van der Waals surface area contributed by atoms with E-state index >= 15 is 0 Å². The number of hydrogen-bond acceptors (Lipinski definition) is 4. The van der Waals surface area contributed by atoms with Crippen molar-refractivity contribution in [2.24, 2.45) is 22.7 Å². The van der Waals surface area contributed by atoms with Gasteiger partial charge >= 0.3 is 0 Å². The van der Waals surface area contributed by atoms with E-state index in [-0.39, 0.29) is 27.7 Å². The van der Waals surface area contributed by atoms with Crippen molar-refractivity contribution >= 4 is 16.8 Å². The third-order valence-electron chi connectivity index (χ3n) is 9.00. The molecule has 6 aliphatic rings. The molecule has 146 valence electrons. The first kappa shape index (κ1) is 24.0. The van der Waals surface area contributed by atoms with Crippen molar-refractivity contribution in [3.63, 3.8) is 0 Å². The molecule has 6 fully saturated rings. The fourth-order valence-corrected chi connectivity index (χ4v) is 6.24. The lowest BCUT2D eigenvalue weighted by molar-refractivity contribution is -0.312. The zero-order chi connectivity index (χ0) is 18.4. The minimum Gasteiger partial charge on any atom is -0.387 e. The first-order valence-electron chi connectivity index (χ1n) is 9.52. The normalized spacial score (nSPS) is 51.9. The van der Waals surface area contributed by atoms with Gasteiger partial charge in [0.15, 0.2) is 0 Å². The maximum absolute atomic E-state index is 10.2. The van der Waals surface area contributed by atoms with Gasteiger partial charge in [-0.3, -0.25) is 0 Å². The first-order chi connectivity index (χ1) is 10.6. The van der Waals surface area contributed by atoms with Crippen molar-refractivity contribution in [3.8, 4) is 0 Å². The maximum Gasteiger partial charge on any atom is 0.0986 e. The summed E-state index contributed by atoms with van der Waals surface area (Å²) in [5, 5.41) is 40.5. The van der Waals surface area contributed by atoms with Crippen molar-refractivity contribution < 1.29 is 20.4 Å². The highest BCUT2D eigenvalue weighted by Crippen LogP contribution is 2.66. The average molecular weight is 362 g/mol. The van der Waals surface area contributed by atoms with Crippen molar-refractivity contribution in [1.29, 1.82) is 0 Å². The molecule has 6 radical (unpaired) electrons. The van der Waals surface area contributed by atoms with E-state index in [1.54, 1.807) is 13.8 Å². The van der Waals surface area contributed by atoms with Crippen molar-refractivity contribution in [3.05, 3.63) is 0 Å². The van der Waals surface area contributed by atoms with Gasteiger partial charge in [-0.2, -0.15) is 0 Å². The Kier molecular flexibility index (Phi) is 5.76. The van der Waals surface area contributed by atoms with E-state index in [4.69, 9.17) is 0 Å². The van der Waals surface area contributed by atoms with Gasteiger partial charge in [-0.1, -0.05) is 27.7 Å². The smallest absolute Gasteiger partial charge is 0.0986 e. The van der Waals surface area contributed by atoms with Crippen LogP contribution in [0.1, 0.15) is 80.1 Å². The molecular formula is C20H36B2O4. The van der Waals surface area contributed by atoms with E-state index in [2.05, 4.69) is 27.7 Å². The number of fused-ring (bicyclic) bond motifs is 4. The minimum atomic E-state index is -0.870. The second-order valence-corrected chi connectivity index (χ2v) is 10.6. The van der Waals surface area contributed by atoms with E-state index in [9.17, 15) is 20.4 Å². The molecular weight excluding hydrogens is 326 g/mol. The van der Waals surface area contributed by atoms with Crippen LogP contribution in [-0.4, -0.2) is 59.7 Å². The molecule has 4 nitrogen and oxygen atoms in total. The third-order valence-corrected chi connectivity index (χ3v) is 9.00. The summed E-state index contributed by atoms with van der Waals surface area (Å²) < 4.78 is 0. The van der Waals surface area contributed by atoms with Gasteiger partial charge in [-0.15, -0.1) is 0 Å². The molecule has 0 amide bonds. The summed E-state index contributed by atoms with van der Waals surface area (Å²) in [4.78, 5) is 0. The summed E-state index contributed by atoms with van der Waals surface area (Å²) in [5.74, 6) is 1.23. The second-order valence-electron chi connectivity index (χ2n) is 10.6. The Bertz CT molecular complexity index is 478. The lowest BCUT2D eigenvalue weighted by atomic mass is 9.41. The standard InChI is InChI=1S/2C10H18O2.2B/c2*1-8(2)7-4-5-9(3,11)10(8,12)6-7;;/h2*7,11-12H,4-6H2,1-3H3;;/t2*7-,9-,10-;;/m00../s1. The third kappa shape index (κ3) is 2.58. The van der Waals surface area contributed by atoms with Gasteiger partial charge in [0.1, 0.15) is 0 Å². The molecule has 6 atom stereocenters. The largest absolute Gasteiger partial charge is 0.387 e. The highest BCUT2D eigenvalue weighted by Gasteiger charge is 2.70. The van der Waals surface area contributed by atoms with Crippen LogP contribution in [0.3, 0.4) is 0 Å². The van der Waals surface area contributed by atoms with Crippen molar-refractivity contribution in [1.82, 2.24) is 0 Å². The van der Waals surface area contributed by atoms with Gasteiger partial charge in [0.05, 0.1) is 22.4 Å². The Balaban J connectivity index is 0.000000241. The van der Waals surface area contributed by atoms with Gasteiger partial charge in [-0.25, -0.2) is 0 Å². The monoisotopic (exact) mass is 362 g/mol. The first-order valence-corrected chi connectivity index (χ1v) is 9.52. The second kappa shape index (κ2) is 6.23. The van der Waals surface area contributed by atoms with Gasteiger partial charge < -0.3 is 20.4 Å². The van der Waals surface area contributed by atoms with Crippen LogP contribution < -0.4 is 0 Å². The molecule has 0 unspecified atom stereocenters. The van der Waals surface area contributed by atoms with Crippen LogP contribution in [0.5, 0.6) is 0 Å². The molecule has 4 bridgehead atoms. The van der Waals surface area contributed by atoms with E-state index in [1.165, 1.54) is 0 Å². The van der Waals surface area contributed by atoms with Gasteiger partial charge in [-0.05, 0) is 75.0 Å². The predicted molar refractivity (Wildman–Crippen MR) is 105 cm³/mol. The number of rotatable bonds is 0. The molecule has 0 aromatic carbocycles. The topological polar surface area (TPSA) is 80.9 Å². The highest BCUT2D eigenvalue weighted by molar-refractivity contribution is 5.76. The molecule has 0 aliphatic heterocycles. The lowest BCUT2D eigenvalue weighted by Gasteiger charge is -2.68. The predicted octanol–water partition coefficient (Wildman–Crippen LogP) is 1.86. The van der Waals surface area contributed by atoms with Crippen LogP contribution in [0.25, 0.3) is 0 Å². The molecule has 0 aromatic heterocycles. The van der Waals surface area contributed by atoms with Crippen molar-refractivity contribution in [2.75, 3.05) is 0 Å². The van der Waals surface area contributed by atoms with Gasteiger partial charge in [0.25, 0.3) is 0 Å². The van der Waals surface area contributed by atoms with Crippen LogP contribution in [0.2, 0.25) is 0 Å². The highest BCUT2D eigenvalue weighted by atomic mass is 16.4. The fourth-order valence-electron chi connectivity index (χ4n) is 6.24. The van der Waals surface area contributed by atoms with Crippen molar-refractivity contribution in [2.45, 2.75) is 102 Å². The quantitative estimate of drug-likeness (QED) is 0.496. The number of hydrogen-bond donors (Lipinski definition) is 4. The summed E-state index contributed by atoms with van der Waals surface area (Å²) in [6, 6.07) is 0. The minimum absolute atomic E-state index is 0. The SMILES string of the molecule is CC1(C)[C@H]2CC[C@](C)(O)[C@]1(O)C2.CC1(C)[C@H]2CC[C@](C)(O)[C@]1(O)C2.[B].[B]. The van der Waals surface area contributed by atoms with Crippen LogP contribution in [0.4, 0.5) is 0 Å². The molecule has 26 heavy (non-hydrogen) atoms. The summed E-state index contributed by atoms with van der Waals surface area (Å²) in [6.07, 6.45) is 5.18. The molecule has 6 saturated carbocycles. The zero-order valence-corrected chi connectivity index (χ0v) is 17.3. The Hall–Kier alpha value is -0.0301. The van der Waals surface area contributed by atoms with Crippen LogP contribution >= 0.6 is 0 Å². The molecule has 6 aliphatic carbocycles. The van der Waals surface area contributed by atoms with Gasteiger partial charge in [0, 0.05) is 16.8 Å². The summed E-state index contributed by atoms with van der Waals surface area (Å²) in [5.41, 5.74) is -3.58. The Labute approximate surface area is 162 Å². The van der Waals surface area contributed by atoms with Crippen LogP contribution in [0.15, 0.2) is 0 Å². The lowest BCUT2D eigenvalue weighted by Crippen LogP contribution is -2.74. The van der Waals surface area contributed by atoms with E-state index in [1.807, 2.05) is 0 Å². The average Bonchev–Trinajstić information content (AvgIpc) is 2.44. The number of aliphatic hydroxyl groups is 4. The zero-order valence-electron chi connectivity index (χ0n) is 17.3. The fraction of sp³-hybridized carbons (Fsp3) is 1.00. The molecule has 6 rings (SSSR count). The summed E-state index contributed by atoms with van der Waals surface area (Å²) >= 11 is 0. The molecule has 6 heteroatoms. The Morgan fingerprint density at radius 1 is 0.577 bits per heavy atom. The van der Waals surface area contributed by atoms with Gasteiger partial charge in [0.2, 0.25) is 0 Å². The van der Waals surface area contributed by atoms with E-state index in [0.29, 0.717) is 11.8 Å². The molecule has 0 spiro atoms. The summed E-state index contributed by atoms with van der Waals surface area (Å²) in [6.45, 7) is 11.8. The van der Waals surface area contributed by atoms with E-state index < -0.39 is 22.4 Å². The summed E-state index contributed by atoms with van der Waals surface area (Å²) in [7, 11) is 0. The molecule has 0 saturated heterocycles. The molecule has 0 aromatic rings. The van der Waals surface area contributed by atoms with Crippen LogP contribution in [0, 0.1) is 22.7 Å². The Morgan fingerprint density at radius 3 is 1.00 bits per heavy atom. The van der Waals surface area contributed by atoms with Crippen LogP contribution in [-0.2, 0) is 0 Å². The Morgan fingerprint density at radius 2 is 0.846 bits per heavy atom. The molecule has 0 heterocycles. The van der Waals surface area contributed by atoms with E-state index in [0.717, 1.165) is 38.5 Å². The molecule has 4 N–H and O–H groups in total. The maximum atomic E-state index is 10.2.